The monoisotopic (exact) mass is 332 g/mol. The topological polar surface area (TPSA) is 65.3 Å². The number of methoxy groups -OCH3 is 1. The van der Waals surface area contributed by atoms with Crippen LogP contribution in [0.1, 0.15) is 0 Å². The van der Waals surface area contributed by atoms with E-state index in [0.717, 1.165) is 0 Å². The quantitative estimate of drug-likeness (QED) is 0.467. The molecule has 104 valence electrons. The predicted octanol–water partition coefficient (Wildman–Crippen LogP) is 4.63. The lowest BCUT2D eigenvalue weighted by molar-refractivity contribution is -0.389. The lowest BCUT2D eigenvalue weighted by Gasteiger charge is -2.06. The Morgan fingerprint density at radius 2 is 1.80 bits per heavy atom. The summed E-state index contributed by atoms with van der Waals surface area (Å²) >= 11 is 17.8. The summed E-state index contributed by atoms with van der Waals surface area (Å²) in [6, 6.07) is 5.74. The number of pyridine rings is 1. The zero-order valence-corrected chi connectivity index (χ0v) is 12.3. The lowest BCUT2D eigenvalue weighted by Crippen LogP contribution is -1.97. The van der Waals surface area contributed by atoms with Gasteiger partial charge in [-0.15, -0.1) is 0 Å². The molecular formula is C12H7Cl3N2O3. The first kappa shape index (κ1) is 14.8. The number of aromatic nitrogens is 1. The number of nitro groups is 1. The molecule has 1 aromatic carbocycles. The van der Waals surface area contributed by atoms with Crippen molar-refractivity contribution in [1.82, 2.24) is 4.98 Å². The minimum absolute atomic E-state index is 0.210. The van der Waals surface area contributed by atoms with Crippen molar-refractivity contribution in [1.29, 1.82) is 0 Å². The van der Waals surface area contributed by atoms with E-state index in [1.165, 1.54) is 31.4 Å². The third kappa shape index (κ3) is 2.80. The molecule has 0 bridgehead atoms. The van der Waals surface area contributed by atoms with Gasteiger partial charge in [0.05, 0.1) is 22.2 Å². The standard InChI is InChI=1S/C12H7Cl3N2O3/c1-20-9-2-3-10(17(18)19)16-12(9)6-4-7(13)11(15)8(14)5-6/h2-5H,1H3. The van der Waals surface area contributed by atoms with Gasteiger partial charge in [0.1, 0.15) is 0 Å². The second kappa shape index (κ2) is 5.83. The van der Waals surface area contributed by atoms with Crippen molar-refractivity contribution in [2.45, 2.75) is 0 Å². The molecule has 0 radical (unpaired) electrons. The molecule has 0 aliphatic heterocycles. The van der Waals surface area contributed by atoms with Crippen LogP contribution < -0.4 is 4.74 Å². The molecule has 1 heterocycles. The number of hydrogen-bond acceptors (Lipinski definition) is 4. The molecule has 2 aromatic rings. The van der Waals surface area contributed by atoms with Crippen LogP contribution >= 0.6 is 34.8 Å². The van der Waals surface area contributed by atoms with E-state index in [2.05, 4.69) is 4.98 Å². The van der Waals surface area contributed by atoms with E-state index in [1.54, 1.807) is 0 Å². The highest BCUT2D eigenvalue weighted by atomic mass is 35.5. The summed E-state index contributed by atoms with van der Waals surface area (Å²) in [7, 11) is 1.44. The average Bonchev–Trinajstić information content (AvgIpc) is 2.43. The van der Waals surface area contributed by atoms with E-state index in [-0.39, 0.29) is 26.6 Å². The smallest absolute Gasteiger partial charge is 0.364 e. The number of rotatable bonds is 3. The molecule has 0 saturated heterocycles. The van der Waals surface area contributed by atoms with Crippen LogP contribution in [0.3, 0.4) is 0 Å². The van der Waals surface area contributed by atoms with Gasteiger partial charge in [0, 0.05) is 11.6 Å². The average molecular weight is 334 g/mol. The summed E-state index contributed by atoms with van der Waals surface area (Å²) < 4.78 is 5.14. The molecular weight excluding hydrogens is 327 g/mol. The van der Waals surface area contributed by atoms with Crippen LogP contribution in [0, 0.1) is 10.1 Å². The second-order valence-corrected chi connectivity index (χ2v) is 4.92. The van der Waals surface area contributed by atoms with Crippen LogP contribution in [-0.2, 0) is 0 Å². The molecule has 0 fully saturated rings. The van der Waals surface area contributed by atoms with Gasteiger partial charge in [-0.2, -0.15) is 0 Å². The van der Waals surface area contributed by atoms with Crippen molar-refractivity contribution < 1.29 is 9.66 Å². The largest absolute Gasteiger partial charge is 0.492 e. The molecule has 0 aliphatic carbocycles. The van der Waals surface area contributed by atoms with Crippen LogP contribution in [0.15, 0.2) is 24.3 Å². The molecule has 0 atom stereocenters. The second-order valence-electron chi connectivity index (χ2n) is 3.73. The van der Waals surface area contributed by atoms with Crippen molar-refractivity contribution in [2.75, 3.05) is 7.11 Å². The predicted molar refractivity (Wildman–Crippen MR) is 77.9 cm³/mol. The zero-order valence-electron chi connectivity index (χ0n) is 10.1. The Hall–Kier alpha value is -1.56. The maximum Gasteiger partial charge on any atom is 0.364 e. The zero-order chi connectivity index (χ0) is 14.9. The first-order valence-corrected chi connectivity index (χ1v) is 6.41. The number of halogens is 3. The molecule has 8 heteroatoms. The minimum atomic E-state index is -0.595. The van der Waals surface area contributed by atoms with Crippen LogP contribution in [-0.4, -0.2) is 17.0 Å². The molecule has 5 nitrogen and oxygen atoms in total. The summed E-state index contributed by atoms with van der Waals surface area (Å²) in [4.78, 5) is 14.1. The van der Waals surface area contributed by atoms with Crippen LogP contribution in [0.5, 0.6) is 5.75 Å². The Morgan fingerprint density at radius 1 is 1.20 bits per heavy atom. The van der Waals surface area contributed by atoms with Gasteiger partial charge >= 0.3 is 5.82 Å². The van der Waals surface area contributed by atoms with Crippen LogP contribution in [0.4, 0.5) is 5.82 Å². The van der Waals surface area contributed by atoms with Crippen LogP contribution in [0.2, 0.25) is 15.1 Å². The number of nitrogens with zero attached hydrogens (tertiary/aromatic N) is 2. The van der Waals surface area contributed by atoms with Crippen LogP contribution in [0.25, 0.3) is 11.3 Å². The van der Waals surface area contributed by atoms with Crippen molar-refractivity contribution in [3.8, 4) is 17.0 Å². The van der Waals surface area contributed by atoms with Gasteiger partial charge in [-0.25, -0.2) is 0 Å². The lowest BCUT2D eigenvalue weighted by atomic mass is 10.1. The molecule has 0 N–H and O–H groups in total. The number of benzene rings is 1. The van der Waals surface area contributed by atoms with Crippen molar-refractivity contribution in [3.05, 3.63) is 49.4 Å². The molecule has 1 aromatic heterocycles. The highest BCUT2D eigenvalue weighted by Gasteiger charge is 2.20. The maximum absolute atomic E-state index is 10.8. The number of ether oxygens (including phenoxy) is 1. The Labute approximate surface area is 129 Å². The third-order valence-corrected chi connectivity index (χ3v) is 3.70. The van der Waals surface area contributed by atoms with Gasteiger partial charge in [-0.05, 0) is 28.1 Å². The minimum Gasteiger partial charge on any atom is -0.492 e. The van der Waals surface area contributed by atoms with Gasteiger partial charge in [0.15, 0.2) is 5.75 Å². The third-order valence-electron chi connectivity index (χ3n) is 2.51. The first-order chi connectivity index (χ1) is 9.43. The Balaban J connectivity index is 2.67. The van der Waals surface area contributed by atoms with E-state index in [4.69, 9.17) is 39.5 Å². The molecule has 20 heavy (non-hydrogen) atoms. The maximum atomic E-state index is 10.8. The van der Waals surface area contributed by atoms with Gasteiger partial charge in [0.25, 0.3) is 0 Å². The molecule has 0 saturated carbocycles. The summed E-state index contributed by atoms with van der Waals surface area (Å²) in [5.74, 6) is 0.0630. The van der Waals surface area contributed by atoms with E-state index in [0.29, 0.717) is 11.3 Å². The Kier molecular flexibility index (Phi) is 4.32. The summed E-state index contributed by atoms with van der Waals surface area (Å²) in [6.45, 7) is 0. The molecule has 2 rings (SSSR count). The summed E-state index contributed by atoms with van der Waals surface area (Å²) in [6.07, 6.45) is 0. The Bertz CT molecular complexity index is 669. The molecule has 0 unspecified atom stereocenters. The first-order valence-electron chi connectivity index (χ1n) is 5.28. The number of hydrogen-bond donors (Lipinski definition) is 0. The fourth-order valence-corrected chi connectivity index (χ4v) is 2.20. The summed E-state index contributed by atoms with van der Waals surface area (Å²) in [5, 5.41) is 11.5. The van der Waals surface area contributed by atoms with E-state index in [1.807, 2.05) is 0 Å². The van der Waals surface area contributed by atoms with Gasteiger partial charge in [0.2, 0.25) is 5.69 Å². The Morgan fingerprint density at radius 3 is 2.30 bits per heavy atom. The molecule has 0 aliphatic rings. The highest BCUT2D eigenvalue weighted by Crippen LogP contribution is 2.37. The van der Waals surface area contributed by atoms with E-state index < -0.39 is 4.92 Å². The molecule has 0 spiro atoms. The van der Waals surface area contributed by atoms with E-state index >= 15 is 0 Å². The molecule has 0 amide bonds. The van der Waals surface area contributed by atoms with E-state index in [9.17, 15) is 10.1 Å². The summed E-state index contributed by atoms with van der Waals surface area (Å²) in [5.41, 5.74) is 0.743. The fraction of sp³-hybridized carbons (Fsp3) is 0.0833. The van der Waals surface area contributed by atoms with Crippen molar-refractivity contribution in [3.63, 3.8) is 0 Å². The van der Waals surface area contributed by atoms with Gasteiger partial charge < -0.3 is 14.9 Å². The van der Waals surface area contributed by atoms with Gasteiger partial charge in [-0.1, -0.05) is 34.8 Å². The SMILES string of the molecule is COc1ccc([N+](=O)[O-])nc1-c1cc(Cl)c(Cl)c(Cl)c1. The van der Waals surface area contributed by atoms with Crippen molar-refractivity contribution in [2.24, 2.45) is 0 Å². The highest BCUT2D eigenvalue weighted by molar-refractivity contribution is 6.48. The fourth-order valence-electron chi connectivity index (χ4n) is 1.60. The van der Waals surface area contributed by atoms with Gasteiger partial charge in [-0.3, -0.25) is 0 Å². The van der Waals surface area contributed by atoms with Crippen molar-refractivity contribution >= 4 is 40.6 Å². The normalized spacial score (nSPS) is 10.4.